The van der Waals surface area contributed by atoms with Crippen molar-refractivity contribution in [2.24, 2.45) is 5.92 Å². The highest BCUT2D eigenvalue weighted by Crippen LogP contribution is 2.29. The van der Waals surface area contributed by atoms with Crippen molar-refractivity contribution in [3.05, 3.63) is 40.5 Å². The first-order valence-electron chi connectivity index (χ1n) is 9.29. The molecule has 138 valence electrons. The number of fused-ring (bicyclic) bond motifs is 1. The van der Waals surface area contributed by atoms with Gasteiger partial charge in [-0.3, -0.25) is 0 Å². The number of hydrogen-bond donors (Lipinski definition) is 2. The van der Waals surface area contributed by atoms with Crippen LogP contribution in [0.4, 0.5) is 0 Å². The molecule has 0 bridgehead atoms. The maximum Gasteiger partial charge on any atom is 0.156 e. The number of benzene rings is 1. The fraction of sp³-hybridized carbons (Fsp3) is 0.571. The summed E-state index contributed by atoms with van der Waals surface area (Å²) < 4.78 is 0. The first-order valence-corrected chi connectivity index (χ1v) is 9.67. The van der Waals surface area contributed by atoms with Gasteiger partial charge in [0.15, 0.2) is 5.79 Å². The lowest BCUT2D eigenvalue weighted by Gasteiger charge is -2.10. The lowest BCUT2D eigenvalue weighted by molar-refractivity contribution is -0.127. The molecule has 25 heavy (non-hydrogen) atoms. The standard InChI is InChI=1S/C18H22ClN.C3H8O2/c1-2-15-12-16-10-9-14(11-17(16)20-18(15)19)8-7-13-5-3-4-6-13;1-3(2,4)5/h9-13H,2-8H2,1H3;4-5H,1-2H3. The number of aromatic nitrogens is 1. The van der Waals surface area contributed by atoms with Crippen LogP contribution in [0.2, 0.25) is 5.15 Å². The molecule has 3 nitrogen and oxygen atoms in total. The molecule has 0 radical (unpaired) electrons. The maximum absolute atomic E-state index is 8.08. The van der Waals surface area contributed by atoms with Crippen molar-refractivity contribution in [3.63, 3.8) is 0 Å². The van der Waals surface area contributed by atoms with Gasteiger partial charge in [-0.05, 0) is 62.3 Å². The SMILES string of the molecule is CC(C)(O)O.CCc1cc2ccc(CCC3CCCC3)cc2nc1Cl. The monoisotopic (exact) mass is 363 g/mol. The van der Waals surface area contributed by atoms with Crippen LogP contribution in [-0.4, -0.2) is 21.0 Å². The van der Waals surface area contributed by atoms with Gasteiger partial charge in [0.2, 0.25) is 0 Å². The van der Waals surface area contributed by atoms with Gasteiger partial charge in [-0.25, -0.2) is 4.98 Å². The summed E-state index contributed by atoms with van der Waals surface area (Å²) in [6, 6.07) is 8.84. The molecule has 3 rings (SSSR count). The number of halogens is 1. The fourth-order valence-corrected chi connectivity index (χ4v) is 3.59. The Morgan fingerprint density at radius 1 is 1.16 bits per heavy atom. The summed E-state index contributed by atoms with van der Waals surface area (Å²) in [4.78, 5) is 4.55. The van der Waals surface area contributed by atoms with Gasteiger partial charge < -0.3 is 10.2 Å². The minimum Gasteiger partial charge on any atom is -0.366 e. The van der Waals surface area contributed by atoms with Crippen LogP contribution in [-0.2, 0) is 12.8 Å². The summed E-state index contributed by atoms with van der Waals surface area (Å²) in [6.07, 6.45) is 9.15. The van der Waals surface area contributed by atoms with E-state index in [1.54, 1.807) is 0 Å². The summed E-state index contributed by atoms with van der Waals surface area (Å²) in [5.74, 6) is -0.551. The molecule has 0 amide bonds. The third-order valence-corrected chi connectivity index (χ3v) is 4.93. The lowest BCUT2D eigenvalue weighted by atomic mass is 9.97. The lowest BCUT2D eigenvalue weighted by Crippen LogP contribution is -2.15. The zero-order valence-corrected chi connectivity index (χ0v) is 16.3. The van der Waals surface area contributed by atoms with Gasteiger partial charge in [0.1, 0.15) is 5.15 Å². The van der Waals surface area contributed by atoms with Crippen molar-refractivity contribution in [2.45, 2.75) is 71.5 Å². The highest BCUT2D eigenvalue weighted by atomic mass is 35.5. The molecule has 4 heteroatoms. The van der Waals surface area contributed by atoms with Crippen LogP contribution in [0.15, 0.2) is 24.3 Å². The molecule has 2 N–H and O–H groups in total. The van der Waals surface area contributed by atoms with E-state index in [1.807, 2.05) is 0 Å². The quantitative estimate of drug-likeness (QED) is 0.573. The van der Waals surface area contributed by atoms with Gasteiger partial charge in [0.25, 0.3) is 0 Å². The molecule has 0 spiro atoms. The molecule has 1 aromatic heterocycles. The van der Waals surface area contributed by atoms with Gasteiger partial charge >= 0.3 is 0 Å². The van der Waals surface area contributed by atoms with E-state index in [-0.39, 0.29) is 0 Å². The van der Waals surface area contributed by atoms with E-state index in [9.17, 15) is 0 Å². The number of nitrogens with zero attached hydrogens (tertiary/aromatic N) is 1. The van der Waals surface area contributed by atoms with Crippen molar-refractivity contribution in [1.82, 2.24) is 4.98 Å². The molecule has 1 heterocycles. The minimum atomic E-state index is -1.50. The van der Waals surface area contributed by atoms with E-state index >= 15 is 0 Å². The number of aryl methyl sites for hydroxylation is 2. The molecule has 0 saturated heterocycles. The van der Waals surface area contributed by atoms with E-state index in [0.717, 1.165) is 23.4 Å². The topological polar surface area (TPSA) is 53.4 Å². The van der Waals surface area contributed by atoms with Crippen LogP contribution in [0.25, 0.3) is 10.9 Å². The molecule has 0 unspecified atom stereocenters. The largest absolute Gasteiger partial charge is 0.366 e. The number of aliphatic hydroxyl groups is 2. The molecule has 1 fully saturated rings. The van der Waals surface area contributed by atoms with Gasteiger partial charge in [-0.15, -0.1) is 0 Å². The number of rotatable bonds is 4. The first-order chi connectivity index (χ1) is 11.8. The molecule has 0 atom stereocenters. The van der Waals surface area contributed by atoms with E-state index in [4.69, 9.17) is 21.8 Å². The van der Waals surface area contributed by atoms with Gasteiger partial charge in [-0.1, -0.05) is 56.3 Å². The predicted octanol–water partition coefficient (Wildman–Crippen LogP) is 5.28. The van der Waals surface area contributed by atoms with Crippen LogP contribution in [0.3, 0.4) is 0 Å². The highest BCUT2D eigenvalue weighted by Gasteiger charge is 2.14. The second-order valence-electron chi connectivity index (χ2n) is 7.50. The maximum atomic E-state index is 8.08. The number of hydrogen-bond acceptors (Lipinski definition) is 3. The predicted molar refractivity (Wildman–Crippen MR) is 105 cm³/mol. The average Bonchev–Trinajstić information content (AvgIpc) is 3.04. The molecule has 1 aliphatic rings. The second kappa shape index (κ2) is 8.98. The smallest absolute Gasteiger partial charge is 0.156 e. The Balaban J connectivity index is 0.000000399. The van der Waals surface area contributed by atoms with Crippen LogP contribution in [0, 0.1) is 5.92 Å². The Kier molecular flexibility index (Phi) is 7.24. The molecule has 1 saturated carbocycles. The summed E-state index contributed by atoms with van der Waals surface area (Å²) in [7, 11) is 0. The van der Waals surface area contributed by atoms with Crippen molar-refractivity contribution in [1.29, 1.82) is 0 Å². The third kappa shape index (κ3) is 6.93. The zero-order valence-electron chi connectivity index (χ0n) is 15.6. The Labute approximate surface area is 156 Å². The highest BCUT2D eigenvalue weighted by molar-refractivity contribution is 6.30. The molecule has 1 aromatic carbocycles. The van der Waals surface area contributed by atoms with Gasteiger partial charge in [0.05, 0.1) is 5.52 Å². The van der Waals surface area contributed by atoms with Crippen molar-refractivity contribution < 1.29 is 10.2 Å². The van der Waals surface area contributed by atoms with Gasteiger partial charge in [-0.2, -0.15) is 0 Å². The Bertz CT molecular complexity index is 682. The van der Waals surface area contributed by atoms with Crippen LogP contribution in [0.1, 0.15) is 64.0 Å². The Morgan fingerprint density at radius 2 is 1.80 bits per heavy atom. The third-order valence-electron chi connectivity index (χ3n) is 4.61. The number of pyridine rings is 1. The fourth-order valence-electron chi connectivity index (χ4n) is 3.31. The second-order valence-corrected chi connectivity index (χ2v) is 7.86. The normalized spacial score (nSPS) is 15.3. The Morgan fingerprint density at radius 3 is 2.40 bits per heavy atom. The first kappa shape index (κ1) is 20.2. The summed E-state index contributed by atoms with van der Waals surface area (Å²) >= 11 is 6.23. The van der Waals surface area contributed by atoms with Crippen LogP contribution >= 0.6 is 11.6 Å². The van der Waals surface area contributed by atoms with Gasteiger partial charge in [0, 0.05) is 5.39 Å². The van der Waals surface area contributed by atoms with Crippen molar-refractivity contribution >= 4 is 22.5 Å². The van der Waals surface area contributed by atoms with E-state index in [1.165, 1.54) is 63.3 Å². The van der Waals surface area contributed by atoms with E-state index < -0.39 is 5.79 Å². The molecule has 2 aromatic rings. The van der Waals surface area contributed by atoms with Crippen molar-refractivity contribution in [2.75, 3.05) is 0 Å². The summed E-state index contributed by atoms with van der Waals surface area (Å²) in [5, 5.41) is 18.0. The van der Waals surface area contributed by atoms with Crippen molar-refractivity contribution in [3.8, 4) is 0 Å². The zero-order chi connectivity index (χ0) is 18.4. The molecular weight excluding hydrogens is 334 g/mol. The average molecular weight is 364 g/mol. The van der Waals surface area contributed by atoms with E-state index in [0.29, 0.717) is 5.15 Å². The molecular formula is C21H30ClNO2. The molecule has 0 aliphatic heterocycles. The van der Waals surface area contributed by atoms with Crippen LogP contribution in [0.5, 0.6) is 0 Å². The van der Waals surface area contributed by atoms with E-state index in [2.05, 4.69) is 36.2 Å². The van der Waals surface area contributed by atoms with Crippen LogP contribution < -0.4 is 0 Å². The minimum absolute atomic E-state index is 0.660. The molecule has 1 aliphatic carbocycles. The summed E-state index contributed by atoms with van der Waals surface area (Å²) in [5.41, 5.74) is 3.58. The summed E-state index contributed by atoms with van der Waals surface area (Å²) in [6.45, 7) is 4.71. The Hall–Kier alpha value is -1.16.